The number of carbonyl (C=O) groups excluding carboxylic acids is 2. The van der Waals surface area contributed by atoms with Gasteiger partial charge in [-0.25, -0.2) is 9.59 Å². The van der Waals surface area contributed by atoms with Crippen LogP contribution in [0.1, 0.15) is 40.4 Å². The van der Waals surface area contributed by atoms with E-state index < -0.39 is 35.4 Å². The summed E-state index contributed by atoms with van der Waals surface area (Å²) in [6.07, 6.45) is 0. The number of hydrogen-bond acceptors (Lipinski definition) is 6. The molecule has 226 valence electrons. The number of urea groups is 1. The van der Waals surface area contributed by atoms with Crippen molar-refractivity contribution in [1.82, 2.24) is 4.90 Å². The van der Waals surface area contributed by atoms with E-state index >= 15 is 0 Å². The maximum absolute atomic E-state index is 14.7. The Morgan fingerprint density at radius 1 is 0.705 bits per heavy atom. The first-order valence-electron chi connectivity index (χ1n) is 14.1. The number of ketones is 1. The summed E-state index contributed by atoms with van der Waals surface area (Å²) in [5, 5.41) is 13.9. The number of anilines is 1. The Labute approximate surface area is 256 Å². The lowest BCUT2D eigenvalue weighted by Crippen LogP contribution is -2.55. The van der Waals surface area contributed by atoms with Crippen LogP contribution in [0.2, 0.25) is 0 Å². The molecule has 0 aromatic heterocycles. The Balaban J connectivity index is 1.76. The van der Waals surface area contributed by atoms with Crippen LogP contribution >= 0.6 is 0 Å². The first-order valence-corrected chi connectivity index (χ1v) is 14.1. The maximum atomic E-state index is 14.7. The average molecular weight is 595 g/mol. The van der Waals surface area contributed by atoms with E-state index in [2.05, 4.69) is 5.32 Å². The van der Waals surface area contributed by atoms with E-state index in [0.29, 0.717) is 39.6 Å². The number of ether oxygens (including phenoxy) is 3. The van der Waals surface area contributed by atoms with E-state index in [0.717, 1.165) is 0 Å². The van der Waals surface area contributed by atoms with E-state index in [4.69, 9.17) is 14.2 Å². The van der Waals surface area contributed by atoms with Gasteiger partial charge in [-0.1, -0.05) is 42.5 Å². The summed E-state index contributed by atoms with van der Waals surface area (Å²) in [6, 6.07) is 27.8. The monoisotopic (exact) mass is 594 g/mol. The number of hydrogen-bond donors (Lipinski definition) is 2. The highest BCUT2D eigenvalue weighted by Gasteiger charge is 2.65. The fourth-order valence-electron chi connectivity index (χ4n) is 6.15. The topological polar surface area (TPSA) is 114 Å². The van der Waals surface area contributed by atoms with Crippen LogP contribution in [0.3, 0.4) is 0 Å². The summed E-state index contributed by atoms with van der Waals surface area (Å²) in [4.78, 5) is 43.7. The number of nitrogens with zero attached hydrogens (tertiary/aromatic N) is 1. The van der Waals surface area contributed by atoms with Gasteiger partial charge in [0.2, 0.25) is 0 Å². The van der Waals surface area contributed by atoms with Crippen LogP contribution in [0.4, 0.5) is 10.5 Å². The molecular weight excluding hydrogens is 560 g/mol. The number of nitrogens with one attached hydrogen (secondary N) is 1. The number of methoxy groups -OCH3 is 3. The minimum absolute atomic E-state index is 0.309. The smallest absolute Gasteiger partial charge is 0.330 e. The van der Waals surface area contributed by atoms with Gasteiger partial charge in [0.1, 0.15) is 22.8 Å². The highest BCUT2D eigenvalue weighted by atomic mass is 16.5. The number of carboxylic acids is 1. The lowest BCUT2D eigenvalue weighted by atomic mass is 9.71. The van der Waals surface area contributed by atoms with E-state index in [1.165, 1.54) is 26.0 Å². The fourth-order valence-corrected chi connectivity index (χ4v) is 6.15. The van der Waals surface area contributed by atoms with E-state index in [1.54, 1.807) is 104 Å². The Kier molecular flexibility index (Phi) is 8.57. The Bertz CT molecular complexity index is 1620. The number of carboxylic acid groups (broad SMARTS) is 1. The molecule has 2 N–H and O–H groups in total. The van der Waals surface area contributed by atoms with Crippen molar-refractivity contribution in [1.29, 1.82) is 0 Å². The standard InChI is InChI=1S/C35H34N2O7/c1-35(33(39)40)30(22-10-16-26(42-2)17-11-22)29(32(38)24-14-20-28(44-4)21-15-24)31(23-12-18-27(43-3)19-13-23)37(35)34(41)36-25-8-6-5-7-9-25/h5-21,29-31H,1-4H3,(H,36,41)(H,39,40). The normalized spacial score (nSPS) is 20.9. The molecule has 5 rings (SSSR count). The second kappa shape index (κ2) is 12.5. The summed E-state index contributed by atoms with van der Waals surface area (Å²) in [5.41, 5.74) is 0.168. The number of aliphatic carboxylic acids is 1. The molecule has 0 saturated carbocycles. The summed E-state index contributed by atoms with van der Waals surface area (Å²) >= 11 is 0. The molecule has 0 spiro atoms. The number of carbonyl (C=O) groups is 3. The molecule has 1 fully saturated rings. The molecule has 2 amide bonds. The second-order valence-electron chi connectivity index (χ2n) is 10.7. The molecule has 4 aromatic carbocycles. The lowest BCUT2D eigenvalue weighted by Gasteiger charge is -2.37. The van der Waals surface area contributed by atoms with Gasteiger partial charge in [0.15, 0.2) is 5.78 Å². The molecule has 4 unspecified atom stereocenters. The highest BCUT2D eigenvalue weighted by Crippen LogP contribution is 2.57. The van der Waals surface area contributed by atoms with Crippen LogP contribution in [0, 0.1) is 5.92 Å². The third-order valence-corrected chi connectivity index (χ3v) is 8.37. The van der Waals surface area contributed by atoms with Crippen molar-refractivity contribution in [3.8, 4) is 17.2 Å². The second-order valence-corrected chi connectivity index (χ2v) is 10.7. The van der Waals surface area contributed by atoms with Gasteiger partial charge in [-0.3, -0.25) is 9.69 Å². The SMILES string of the molecule is COc1ccc(C(=O)C2C(c3ccc(OC)cc3)N(C(=O)Nc3ccccc3)C(C)(C(=O)O)C2c2ccc(OC)cc2)cc1. The van der Waals surface area contributed by atoms with Crippen molar-refractivity contribution >= 4 is 23.5 Å². The minimum Gasteiger partial charge on any atom is -0.497 e. The van der Waals surface area contributed by atoms with Gasteiger partial charge in [-0.2, -0.15) is 0 Å². The van der Waals surface area contributed by atoms with Gasteiger partial charge in [0.05, 0.1) is 33.3 Å². The third kappa shape index (κ3) is 5.44. The van der Waals surface area contributed by atoms with Crippen LogP contribution in [0.5, 0.6) is 17.2 Å². The Morgan fingerprint density at radius 2 is 1.18 bits per heavy atom. The van der Waals surface area contributed by atoms with Crippen molar-refractivity contribution in [2.75, 3.05) is 26.6 Å². The van der Waals surface area contributed by atoms with Crippen molar-refractivity contribution < 1.29 is 33.7 Å². The first kappa shape index (κ1) is 30.2. The van der Waals surface area contributed by atoms with Crippen molar-refractivity contribution in [2.24, 2.45) is 5.92 Å². The predicted octanol–water partition coefficient (Wildman–Crippen LogP) is 6.43. The van der Waals surface area contributed by atoms with E-state index in [9.17, 15) is 19.5 Å². The van der Waals surface area contributed by atoms with Crippen LogP contribution in [-0.2, 0) is 4.79 Å². The summed E-state index contributed by atoms with van der Waals surface area (Å²) in [5.74, 6) is -1.76. The van der Waals surface area contributed by atoms with Crippen LogP contribution < -0.4 is 19.5 Å². The molecule has 1 saturated heterocycles. The fraction of sp³-hybridized carbons (Fsp3) is 0.229. The van der Waals surface area contributed by atoms with Gasteiger partial charge in [-0.05, 0) is 78.7 Å². The molecule has 0 aliphatic carbocycles. The Hall–Kier alpha value is -5.31. The zero-order valence-corrected chi connectivity index (χ0v) is 24.9. The predicted molar refractivity (Wildman–Crippen MR) is 166 cm³/mol. The number of likely N-dealkylation sites (tertiary alicyclic amines) is 1. The van der Waals surface area contributed by atoms with Crippen LogP contribution in [0.15, 0.2) is 103 Å². The molecule has 0 bridgehead atoms. The Morgan fingerprint density at radius 3 is 1.66 bits per heavy atom. The zero-order valence-electron chi connectivity index (χ0n) is 24.9. The number of Topliss-reactive ketones (excluding diaryl/α,β-unsaturated/α-hetero) is 1. The quantitative estimate of drug-likeness (QED) is 0.215. The van der Waals surface area contributed by atoms with Gasteiger partial charge in [-0.15, -0.1) is 0 Å². The van der Waals surface area contributed by atoms with E-state index in [-0.39, 0.29) is 5.78 Å². The van der Waals surface area contributed by atoms with E-state index in [1.807, 2.05) is 6.07 Å². The molecule has 9 heteroatoms. The number of benzene rings is 4. The van der Waals surface area contributed by atoms with Crippen LogP contribution in [-0.4, -0.2) is 54.7 Å². The zero-order chi connectivity index (χ0) is 31.4. The lowest BCUT2D eigenvalue weighted by molar-refractivity contribution is -0.148. The van der Waals surface area contributed by atoms with Crippen molar-refractivity contribution in [3.05, 3.63) is 120 Å². The number of para-hydroxylation sites is 1. The third-order valence-electron chi connectivity index (χ3n) is 8.37. The molecule has 4 aromatic rings. The summed E-state index contributed by atoms with van der Waals surface area (Å²) in [6.45, 7) is 1.51. The number of amides is 2. The molecular formula is C35H34N2O7. The van der Waals surface area contributed by atoms with Gasteiger partial charge < -0.3 is 24.6 Å². The van der Waals surface area contributed by atoms with Crippen LogP contribution in [0.25, 0.3) is 0 Å². The van der Waals surface area contributed by atoms with Crippen molar-refractivity contribution in [3.63, 3.8) is 0 Å². The molecule has 1 aliphatic heterocycles. The van der Waals surface area contributed by atoms with Gasteiger partial charge in [0.25, 0.3) is 0 Å². The molecule has 4 atom stereocenters. The average Bonchev–Trinajstić information content (AvgIpc) is 3.35. The van der Waals surface area contributed by atoms with Gasteiger partial charge in [0, 0.05) is 17.2 Å². The molecule has 0 radical (unpaired) electrons. The maximum Gasteiger partial charge on any atom is 0.330 e. The largest absolute Gasteiger partial charge is 0.497 e. The minimum atomic E-state index is -1.86. The van der Waals surface area contributed by atoms with Gasteiger partial charge >= 0.3 is 12.0 Å². The highest BCUT2D eigenvalue weighted by molar-refractivity contribution is 6.03. The number of rotatable bonds is 9. The molecule has 1 heterocycles. The molecule has 9 nitrogen and oxygen atoms in total. The van der Waals surface area contributed by atoms with Crippen molar-refractivity contribution in [2.45, 2.75) is 24.4 Å². The molecule has 1 aliphatic rings. The summed E-state index contributed by atoms with van der Waals surface area (Å²) < 4.78 is 16.0. The first-order chi connectivity index (χ1) is 21.2. The molecule has 44 heavy (non-hydrogen) atoms. The summed E-state index contributed by atoms with van der Waals surface area (Å²) in [7, 11) is 4.62.